The van der Waals surface area contributed by atoms with Crippen molar-refractivity contribution in [3.63, 3.8) is 0 Å². The van der Waals surface area contributed by atoms with Gasteiger partial charge in [-0.05, 0) is 25.5 Å². The first kappa shape index (κ1) is 11.6. The van der Waals surface area contributed by atoms with Crippen LogP contribution in [0.15, 0.2) is 27.8 Å². The van der Waals surface area contributed by atoms with Crippen molar-refractivity contribution in [3.8, 4) is 0 Å². The molecule has 84 valence electrons. The Hall–Kier alpha value is -1.49. The van der Waals surface area contributed by atoms with Gasteiger partial charge in [-0.2, -0.15) is 0 Å². The molecule has 0 saturated heterocycles. The van der Waals surface area contributed by atoms with Crippen molar-refractivity contribution in [2.45, 2.75) is 26.3 Å². The van der Waals surface area contributed by atoms with E-state index in [0.717, 1.165) is 18.7 Å². The molecule has 1 aromatic heterocycles. The highest BCUT2D eigenvalue weighted by Gasteiger charge is 2.08. The maximum Gasteiger partial charge on any atom is 0.206 e. The maximum atomic E-state index is 5.34. The van der Waals surface area contributed by atoms with Crippen LogP contribution in [0.2, 0.25) is 0 Å². The van der Waals surface area contributed by atoms with Crippen LogP contribution in [0.25, 0.3) is 0 Å². The number of nitrogens with zero attached hydrogens (tertiary/aromatic N) is 1. The summed E-state index contributed by atoms with van der Waals surface area (Å²) in [4.78, 5) is 4.24. The number of rotatable bonds is 4. The lowest BCUT2D eigenvalue weighted by Crippen LogP contribution is -2.42. The van der Waals surface area contributed by atoms with E-state index >= 15 is 0 Å². The fourth-order valence-electron chi connectivity index (χ4n) is 1.17. The van der Waals surface area contributed by atoms with Gasteiger partial charge in [0.1, 0.15) is 5.76 Å². The summed E-state index contributed by atoms with van der Waals surface area (Å²) >= 11 is 0. The fraction of sp³-hybridized carbons (Fsp3) is 0.500. The molecule has 1 heterocycles. The van der Waals surface area contributed by atoms with Crippen LogP contribution in [0.5, 0.6) is 0 Å². The zero-order chi connectivity index (χ0) is 11.1. The first-order chi connectivity index (χ1) is 7.27. The summed E-state index contributed by atoms with van der Waals surface area (Å²) in [7, 11) is 0. The van der Waals surface area contributed by atoms with Gasteiger partial charge in [-0.15, -0.1) is 0 Å². The quantitative estimate of drug-likeness (QED) is 0.302. The van der Waals surface area contributed by atoms with E-state index < -0.39 is 0 Å². The number of hydrogen-bond donors (Lipinski definition) is 3. The van der Waals surface area contributed by atoms with Gasteiger partial charge >= 0.3 is 0 Å². The molecule has 0 aliphatic rings. The van der Waals surface area contributed by atoms with E-state index in [4.69, 9.17) is 10.3 Å². The van der Waals surface area contributed by atoms with Crippen molar-refractivity contribution in [1.29, 1.82) is 0 Å². The Morgan fingerprint density at radius 1 is 1.67 bits per heavy atom. The van der Waals surface area contributed by atoms with Crippen molar-refractivity contribution < 1.29 is 4.42 Å². The van der Waals surface area contributed by atoms with Crippen LogP contribution in [0.1, 0.15) is 32.1 Å². The Labute approximate surface area is 89.7 Å². The summed E-state index contributed by atoms with van der Waals surface area (Å²) in [6, 6.07) is 3.81. The number of nitrogens with one attached hydrogen (secondary N) is 2. The van der Waals surface area contributed by atoms with E-state index in [1.54, 1.807) is 6.26 Å². The highest BCUT2D eigenvalue weighted by Crippen LogP contribution is 2.11. The molecule has 0 aliphatic heterocycles. The molecule has 0 radical (unpaired) electrons. The average Bonchev–Trinajstić information content (AvgIpc) is 2.77. The van der Waals surface area contributed by atoms with E-state index in [9.17, 15) is 0 Å². The third-order valence-electron chi connectivity index (χ3n) is 1.95. The van der Waals surface area contributed by atoms with Crippen molar-refractivity contribution >= 4 is 5.96 Å². The smallest absolute Gasteiger partial charge is 0.206 e. The molecule has 5 heteroatoms. The Morgan fingerprint density at radius 3 is 3.00 bits per heavy atom. The third kappa shape index (κ3) is 3.63. The zero-order valence-corrected chi connectivity index (χ0v) is 9.16. The molecule has 0 amide bonds. The molecule has 15 heavy (non-hydrogen) atoms. The molecular weight excluding hydrogens is 192 g/mol. The summed E-state index contributed by atoms with van der Waals surface area (Å²) < 4.78 is 5.26. The molecule has 0 bridgehead atoms. The van der Waals surface area contributed by atoms with Gasteiger partial charge in [0.15, 0.2) is 0 Å². The van der Waals surface area contributed by atoms with Crippen LogP contribution in [-0.4, -0.2) is 12.5 Å². The van der Waals surface area contributed by atoms with Gasteiger partial charge in [-0.1, -0.05) is 6.92 Å². The monoisotopic (exact) mass is 210 g/mol. The lowest BCUT2D eigenvalue weighted by Gasteiger charge is -2.14. The predicted molar refractivity (Wildman–Crippen MR) is 60.2 cm³/mol. The van der Waals surface area contributed by atoms with E-state index in [1.807, 2.05) is 19.1 Å². The lowest BCUT2D eigenvalue weighted by atomic mass is 10.2. The average molecular weight is 210 g/mol. The number of guanidine groups is 1. The predicted octanol–water partition coefficient (Wildman–Crippen LogP) is 1.16. The topological polar surface area (TPSA) is 75.6 Å². The zero-order valence-electron chi connectivity index (χ0n) is 9.16. The first-order valence-corrected chi connectivity index (χ1v) is 5.09. The fourth-order valence-corrected chi connectivity index (χ4v) is 1.17. The van der Waals surface area contributed by atoms with Gasteiger partial charge in [0.2, 0.25) is 5.96 Å². The summed E-state index contributed by atoms with van der Waals surface area (Å²) in [5.74, 6) is 6.78. The summed E-state index contributed by atoms with van der Waals surface area (Å²) in [6.07, 6.45) is 2.63. The minimum atomic E-state index is 0.0478. The molecule has 0 aliphatic carbocycles. The maximum absolute atomic E-state index is 5.34. The largest absolute Gasteiger partial charge is 0.467 e. The van der Waals surface area contributed by atoms with Gasteiger partial charge in [-0.3, -0.25) is 10.4 Å². The van der Waals surface area contributed by atoms with E-state index in [2.05, 4.69) is 22.7 Å². The minimum Gasteiger partial charge on any atom is -0.467 e. The second-order valence-electron chi connectivity index (χ2n) is 3.26. The minimum absolute atomic E-state index is 0.0478. The van der Waals surface area contributed by atoms with Crippen LogP contribution in [0, 0.1) is 0 Å². The number of furan rings is 1. The number of hydrogen-bond acceptors (Lipinski definition) is 3. The molecule has 4 N–H and O–H groups in total. The Kier molecular flexibility index (Phi) is 4.70. The van der Waals surface area contributed by atoms with Crippen molar-refractivity contribution in [2.24, 2.45) is 10.8 Å². The van der Waals surface area contributed by atoms with Crippen molar-refractivity contribution in [2.75, 3.05) is 6.54 Å². The summed E-state index contributed by atoms with van der Waals surface area (Å²) in [6.45, 7) is 4.79. The van der Waals surface area contributed by atoms with Crippen LogP contribution >= 0.6 is 0 Å². The van der Waals surface area contributed by atoms with Crippen molar-refractivity contribution in [3.05, 3.63) is 24.2 Å². The number of aliphatic imine (C=N–C) groups is 1. The van der Waals surface area contributed by atoms with Crippen LogP contribution in [0.3, 0.4) is 0 Å². The van der Waals surface area contributed by atoms with E-state index in [0.29, 0.717) is 5.96 Å². The van der Waals surface area contributed by atoms with Gasteiger partial charge in [0.25, 0.3) is 0 Å². The second-order valence-corrected chi connectivity index (χ2v) is 3.26. The normalized spacial score (nSPS) is 13.7. The molecule has 1 unspecified atom stereocenters. The molecule has 1 atom stereocenters. The number of hydrazine groups is 1. The van der Waals surface area contributed by atoms with Gasteiger partial charge < -0.3 is 9.73 Å². The SMILES string of the molecule is CCCN=C(NN)NC(C)c1ccco1. The Bertz CT molecular complexity index is 294. The van der Waals surface area contributed by atoms with Gasteiger partial charge in [-0.25, -0.2) is 5.84 Å². The van der Waals surface area contributed by atoms with Crippen LogP contribution < -0.4 is 16.6 Å². The lowest BCUT2D eigenvalue weighted by molar-refractivity contribution is 0.460. The molecule has 0 spiro atoms. The standard InChI is InChI=1S/C10H18N4O/c1-3-6-12-10(14-11)13-8(2)9-5-4-7-15-9/h4-5,7-8H,3,6,11H2,1-2H3,(H2,12,13,14). The molecule has 5 nitrogen and oxygen atoms in total. The first-order valence-electron chi connectivity index (χ1n) is 5.09. The summed E-state index contributed by atoms with van der Waals surface area (Å²) in [5.41, 5.74) is 2.53. The Morgan fingerprint density at radius 2 is 2.47 bits per heavy atom. The van der Waals surface area contributed by atoms with E-state index in [1.165, 1.54) is 0 Å². The van der Waals surface area contributed by atoms with Crippen molar-refractivity contribution in [1.82, 2.24) is 10.7 Å². The van der Waals surface area contributed by atoms with Gasteiger partial charge in [0, 0.05) is 6.54 Å². The van der Waals surface area contributed by atoms with E-state index in [-0.39, 0.29) is 6.04 Å². The Balaban J connectivity index is 2.52. The molecule has 0 saturated carbocycles. The molecule has 0 fully saturated rings. The third-order valence-corrected chi connectivity index (χ3v) is 1.95. The van der Waals surface area contributed by atoms with Crippen LogP contribution in [0.4, 0.5) is 0 Å². The highest BCUT2D eigenvalue weighted by atomic mass is 16.3. The molecule has 0 aromatic carbocycles. The molecule has 1 rings (SSSR count). The number of nitrogens with two attached hydrogens (primary N) is 1. The van der Waals surface area contributed by atoms with Crippen LogP contribution in [-0.2, 0) is 0 Å². The second kappa shape index (κ2) is 6.08. The summed E-state index contributed by atoms with van der Waals surface area (Å²) in [5, 5.41) is 3.12. The molecular formula is C10H18N4O. The molecule has 1 aromatic rings. The van der Waals surface area contributed by atoms with Gasteiger partial charge in [0.05, 0.1) is 12.3 Å². The highest BCUT2D eigenvalue weighted by molar-refractivity contribution is 5.79.